The Labute approximate surface area is 178 Å². The van der Waals surface area contributed by atoms with Crippen LogP contribution in [-0.2, 0) is 10.8 Å². The summed E-state index contributed by atoms with van der Waals surface area (Å²) < 4.78 is 0. The second-order valence-corrected chi connectivity index (χ2v) is 16.1. The smallest absolute Gasteiger partial charge is 0.119 e. The third-order valence-corrected chi connectivity index (χ3v) is 10.9. The molecular weight excluding hydrogens is 378 g/mol. The van der Waals surface area contributed by atoms with E-state index in [4.69, 9.17) is 0 Å². The molecule has 2 aromatic rings. The monoisotopic (exact) mass is 417 g/mol. The molecule has 0 spiro atoms. The van der Waals surface area contributed by atoms with Gasteiger partial charge in [-0.1, -0.05) is 90.2 Å². The van der Waals surface area contributed by atoms with Crippen LogP contribution in [0.1, 0.15) is 52.7 Å². The summed E-state index contributed by atoms with van der Waals surface area (Å²) in [5.74, 6) is 0.423. The van der Waals surface area contributed by atoms with Gasteiger partial charge >= 0.3 is 0 Å². The van der Waals surface area contributed by atoms with Gasteiger partial charge in [0.1, 0.15) is 5.75 Å². The molecule has 0 heterocycles. The van der Waals surface area contributed by atoms with Crippen LogP contribution in [0.15, 0.2) is 47.4 Å². The molecule has 0 atom stereocenters. The van der Waals surface area contributed by atoms with Crippen LogP contribution < -0.4 is 10.9 Å². The van der Waals surface area contributed by atoms with Crippen LogP contribution in [0.4, 0.5) is 0 Å². The summed E-state index contributed by atoms with van der Waals surface area (Å²) in [5.41, 5.74) is 6.72. The van der Waals surface area contributed by atoms with Crippen LogP contribution in [0.25, 0.3) is 0 Å². The molecule has 4 heteroatoms. The summed E-state index contributed by atoms with van der Waals surface area (Å²) >= 11 is 1.97. The van der Waals surface area contributed by atoms with Gasteiger partial charge in [0, 0.05) is 10.5 Å². The van der Waals surface area contributed by atoms with Crippen molar-refractivity contribution in [3.63, 3.8) is 0 Å². The highest BCUT2D eigenvalue weighted by Crippen LogP contribution is 2.41. The Balaban J connectivity index is 0.00000190. The molecule has 0 aliphatic heterocycles. The summed E-state index contributed by atoms with van der Waals surface area (Å²) in [5, 5.41) is 13.3. The quantitative estimate of drug-likeness (QED) is 0.487. The van der Waals surface area contributed by atoms with Crippen molar-refractivity contribution in [1.82, 2.24) is 0 Å². The highest BCUT2D eigenvalue weighted by atomic mass is 32.2. The van der Waals surface area contributed by atoms with Gasteiger partial charge in [-0.15, -0.1) is 11.8 Å². The molecule has 2 aromatic carbocycles. The molecule has 0 bridgehead atoms. The molecule has 2 rings (SSSR count). The van der Waals surface area contributed by atoms with E-state index in [0.717, 1.165) is 10.9 Å². The lowest BCUT2D eigenvalue weighted by molar-refractivity contribution is 0.441. The summed E-state index contributed by atoms with van der Waals surface area (Å²) in [7, 11) is -0.0206. The number of hydrogen-bond donors (Lipinski definition) is 2. The molecule has 0 saturated heterocycles. The lowest BCUT2D eigenvalue weighted by Crippen LogP contribution is -2.44. The summed E-state index contributed by atoms with van der Waals surface area (Å²) in [6.07, 6.45) is 0. The fourth-order valence-corrected chi connectivity index (χ4v) is 7.65. The second-order valence-electron chi connectivity index (χ2n) is 9.90. The molecule has 0 amide bonds. The highest BCUT2D eigenvalue weighted by Gasteiger charge is 2.28. The van der Waals surface area contributed by atoms with Crippen molar-refractivity contribution >= 4 is 25.0 Å². The molecule has 0 radical (unpaired) electrons. The van der Waals surface area contributed by atoms with Gasteiger partial charge in [-0.05, 0) is 40.9 Å². The Hall–Kier alpha value is -1.23. The number of rotatable bonds is 4. The highest BCUT2D eigenvalue weighted by molar-refractivity contribution is 8.01. The number of phenols is 1. The van der Waals surface area contributed by atoms with Gasteiger partial charge in [0.05, 0.1) is 8.07 Å². The molecule has 0 saturated carbocycles. The molecule has 2 nitrogen and oxygen atoms in total. The van der Waals surface area contributed by atoms with Gasteiger partial charge in [0.25, 0.3) is 0 Å². The normalized spacial score (nSPS) is 12.4. The van der Waals surface area contributed by atoms with E-state index in [9.17, 15) is 5.11 Å². The molecule has 3 N–H and O–H groups in total. The van der Waals surface area contributed by atoms with E-state index >= 15 is 0 Å². The number of hydrogen-bond acceptors (Lipinski definition) is 3. The van der Waals surface area contributed by atoms with Crippen molar-refractivity contribution in [3.8, 4) is 5.75 Å². The van der Waals surface area contributed by atoms with Crippen LogP contribution in [0.2, 0.25) is 13.1 Å². The fourth-order valence-electron chi connectivity index (χ4n) is 3.11. The molecular formula is C24H39NOSSi. The van der Waals surface area contributed by atoms with Crippen LogP contribution in [0.5, 0.6) is 5.75 Å². The first-order valence-corrected chi connectivity index (χ1v) is 14.2. The Morgan fingerprint density at radius 3 is 1.82 bits per heavy atom. The molecule has 0 aromatic heterocycles. The maximum atomic E-state index is 10.6. The third kappa shape index (κ3) is 6.40. The van der Waals surface area contributed by atoms with Gasteiger partial charge in [0.2, 0.25) is 0 Å². The van der Waals surface area contributed by atoms with E-state index in [1.165, 1.54) is 22.7 Å². The lowest BCUT2D eigenvalue weighted by atomic mass is 9.81. The average molecular weight is 418 g/mol. The minimum absolute atomic E-state index is 0.00860. The predicted molar refractivity (Wildman–Crippen MR) is 130 cm³/mol. The number of nitrogens with two attached hydrogens (primary N) is 1. The minimum atomic E-state index is -1.52. The topological polar surface area (TPSA) is 46.2 Å². The van der Waals surface area contributed by atoms with Crippen molar-refractivity contribution < 1.29 is 5.11 Å². The van der Waals surface area contributed by atoms with E-state index in [-0.39, 0.29) is 10.8 Å². The van der Waals surface area contributed by atoms with E-state index in [1.54, 1.807) is 0 Å². The first-order chi connectivity index (χ1) is 12.8. The fraction of sp³-hybridized carbons (Fsp3) is 0.500. The van der Waals surface area contributed by atoms with Gasteiger partial charge < -0.3 is 10.8 Å². The summed E-state index contributed by atoms with van der Waals surface area (Å²) in [6.45, 7) is 18.0. The Morgan fingerprint density at radius 1 is 0.857 bits per heavy atom. The van der Waals surface area contributed by atoms with Crippen molar-refractivity contribution in [2.24, 2.45) is 5.73 Å². The zero-order chi connectivity index (χ0) is 21.8. The van der Waals surface area contributed by atoms with Crippen LogP contribution in [-0.4, -0.2) is 25.6 Å². The maximum absolute atomic E-state index is 10.6. The predicted octanol–water partition coefficient (Wildman–Crippen LogP) is 5.81. The van der Waals surface area contributed by atoms with Crippen LogP contribution in [0, 0.1) is 0 Å². The van der Waals surface area contributed by atoms with E-state index < -0.39 is 8.07 Å². The number of thioether (sulfide) groups is 1. The Kier molecular flexibility index (Phi) is 8.42. The number of aromatic hydroxyl groups is 1. The van der Waals surface area contributed by atoms with Gasteiger partial charge in [-0.2, -0.15) is 0 Å². The zero-order valence-corrected chi connectivity index (χ0v) is 21.0. The molecule has 156 valence electrons. The summed E-state index contributed by atoms with van der Waals surface area (Å²) in [4.78, 5) is 1.32. The summed E-state index contributed by atoms with van der Waals surface area (Å²) in [6, 6.07) is 15.2. The minimum Gasteiger partial charge on any atom is -0.508 e. The molecule has 0 aliphatic rings. The Bertz CT molecular complexity index is 759. The largest absolute Gasteiger partial charge is 0.508 e. The molecule has 0 unspecified atom stereocenters. The molecule has 28 heavy (non-hydrogen) atoms. The van der Waals surface area contributed by atoms with Gasteiger partial charge in [0.15, 0.2) is 0 Å². The maximum Gasteiger partial charge on any atom is 0.119 e. The van der Waals surface area contributed by atoms with Crippen LogP contribution >= 0.6 is 11.8 Å². The molecule has 0 fully saturated rings. The first kappa shape index (κ1) is 24.8. The van der Waals surface area contributed by atoms with Crippen LogP contribution in [0.3, 0.4) is 0 Å². The van der Waals surface area contributed by atoms with Crippen molar-refractivity contribution in [2.75, 3.05) is 12.4 Å². The van der Waals surface area contributed by atoms with E-state index in [1.807, 2.05) is 17.8 Å². The standard InChI is InChI=1S/C23H34OSSi.CH5N/c1-22(2,3)18-15-21(19(14-20(18)24)23(4,5)6)25-16-26(7,8)17-12-10-9-11-13-17;1-2/h9-15,24H,16H2,1-8H3;2H2,1H3. The third-order valence-electron chi connectivity index (χ3n) is 4.86. The van der Waals surface area contributed by atoms with Crippen molar-refractivity contribution in [3.05, 3.63) is 53.6 Å². The Morgan fingerprint density at radius 2 is 1.36 bits per heavy atom. The second kappa shape index (κ2) is 9.51. The number of phenolic OH excluding ortho intramolecular Hbond substituents is 1. The average Bonchev–Trinajstić information content (AvgIpc) is 2.61. The number of benzene rings is 2. The van der Waals surface area contributed by atoms with Gasteiger partial charge in [-0.3, -0.25) is 0 Å². The lowest BCUT2D eigenvalue weighted by Gasteiger charge is -2.29. The van der Waals surface area contributed by atoms with E-state index in [0.29, 0.717) is 5.75 Å². The first-order valence-electron chi connectivity index (χ1n) is 9.96. The zero-order valence-electron chi connectivity index (χ0n) is 19.2. The van der Waals surface area contributed by atoms with Crippen molar-refractivity contribution in [1.29, 1.82) is 0 Å². The van der Waals surface area contributed by atoms with E-state index in [2.05, 4.69) is 96.8 Å². The van der Waals surface area contributed by atoms with Gasteiger partial charge in [-0.25, -0.2) is 0 Å². The molecule has 0 aliphatic carbocycles. The SMILES string of the molecule is CC(C)(C)c1cc(SC[Si](C)(C)c2ccccc2)c(C(C)(C)C)cc1O.CN. The van der Waals surface area contributed by atoms with Crippen molar-refractivity contribution in [2.45, 2.75) is 70.4 Å².